The van der Waals surface area contributed by atoms with Gasteiger partial charge in [0, 0.05) is 30.0 Å². The van der Waals surface area contributed by atoms with Gasteiger partial charge in [-0.25, -0.2) is 4.79 Å². The monoisotopic (exact) mass is 289 g/mol. The molecule has 4 heteroatoms. The minimum Gasteiger partial charge on any atom is -0.422 e. The van der Waals surface area contributed by atoms with Crippen LogP contribution in [0.2, 0.25) is 0 Å². The molecule has 0 spiro atoms. The zero-order valence-electron chi connectivity index (χ0n) is 13.1. The van der Waals surface area contributed by atoms with Crippen LogP contribution in [0.25, 0.3) is 11.0 Å². The van der Waals surface area contributed by atoms with Crippen molar-refractivity contribution in [3.63, 3.8) is 0 Å². The molecule has 1 atom stereocenters. The molecule has 0 saturated carbocycles. The standard InChI is InChI=1S/C17H23NO3/c1-11-5-6-12(9-13(19)10-18-17(2,3)4)16-14(11)7-8-15(20)21-16/h5-8,13,18-19H,9-10H2,1-4H3. The quantitative estimate of drug-likeness (QED) is 0.848. The van der Waals surface area contributed by atoms with Crippen LogP contribution < -0.4 is 10.9 Å². The van der Waals surface area contributed by atoms with Crippen LogP contribution in [-0.4, -0.2) is 23.3 Å². The van der Waals surface area contributed by atoms with Gasteiger partial charge in [-0.15, -0.1) is 0 Å². The third kappa shape index (κ3) is 4.16. The van der Waals surface area contributed by atoms with E-state index in [1.54, 1.807) is 6.07 Å². The summed E-state index contributed by atoms with van der Waals surface area (Å²) in [6.07, 6.45) is -0.0760. The van der Waals surface area contributed by atoms with Gasteiger partial charge >= 0.3 is 5.63 Å². The van der Waals surface area contributed by atoms with Crippen molar-refractivity contribution in [2.75, 3.05) is 6.54 Å². The summed E-state index contributed by atoms with van der Waals surface area (Å²) in [5.41, 5.74) is 2.09. The molecule has 0 aliphatic heterocycles. The van der Waals surface area contributed by atoms with E-state index in [1.807, 2.05) is 19.1 Å². The highest BCUT2D eigenvalue weighted by Gasteiger charge is 2.15. The van der Waals surface area contributed by atoms with Gasteiger partial charge in [-0.3, -0.25) is 0 Å². The zero-order chi connectivity index (χ0) is 15.6. The first-order valence-electron chi connectivity index (χ1n) is 7.22. The number of fused-ring (bicyclic) bond motifs is 1. The number of aryl methyl sites for hydroxylation is 1. The molecule has 4 nitrogen and oxygen atoms in total. The summed E-state index contributed by atoms with van der Waals surface area (Å²) in [4.78, 5) is 11.4. The van der Waals surface area contributed by atoms with E-state index in [1.165, 1.54) is 6.07 Å². The lowest BCUT2D eigenvalue weighted by molar-refractivity contribution is 0.161. The lowest BCUT2D eigenvalue weighted by Gasteiger charge is -2.23. The Balaban J connectivity index is 2.24. The number of hydrogen-bond donors (Lipinski definition) is 2. The Bertz CT molecular complexity index is 682. The summed E-state index contributed by atoms with van der Waals surface area (Å²) in [5.74, 6) is 0. The SMILES string of the molecule is Cc1ccc(CC(O)CNC(C)(C)C)c2oc(=O)ccc12. The summed E-state index contributed by atoms with van der Waals surface area (Å²) in [6.45, 7) is 8.64. The maximum Gasteiger partial charge on any atom is 0.336 e. The number of hydrogen-bond acceptors (Lipinski definition) is 4. The molecule has 0 aliphatic rings. The average Bonchev–Trinajstić information content (AvgIpc) is 2.39. The normalized spacial score (nSPS) is 13.6. The lowest BCUT2D eigenvalue weighted by Crippen LogP contribution is -2.41. The lowest BCUT2D eigenvalue weighted by atomic mass is 10.0. The fourth-order valence-corrected chi connectivity index (χ4v) is 2.27. The van der Waals surface area contributed by atoms with Crippen LogP contribution >= 0.6 is 0 Å². The van der Waals surface area contributed by atoms with Gasteiger partial charge in [0.2, 0.25) is 0 Å². The van der Waals surface area contributed by atoms with Crippen LogP contribution in [-0.2, 0) is 6.42 Å². The minimum absolute atomic E-state index is 0.0388. The maximum absolute atomic E-state index is 11.4. The number of benzene rings is 1. The molecule has 2 aromatic rings. The van der Waals surface area contributed by atoms with Crippen molar-refractivity contribution < 1.29 is 9.52 Å². The van der Waals surface area contributed by atoms with Gasteiger partial charge in [-0.1, -0.05) is 12.1 Å². The molecule has 1 aromatic heterocycles. The number of β-amino-alcohol motifs (C(OH)–C–C–N with tert-alkyl or cyclic N) is 1. The Hall–Kier alpha value is -1.65. The second-order valence-corrected chi connectivity index (χ2v) is 6.53. The second-order valence-electron chi connectivity index (χ2n) is 6.53. The molecule has 1 heterocycles. The molecule has 0 saturated heterocycles. The van der Waals surface area contributed by atoms with Gasteiger partial charge in [-0.2, -0.15) is 0 Å². The predicted octanol–water partition coefficient (Wildman–Crippen LogP) is 2.39. The first-order valence-corrected chi connectivity index (χ1v) is 7.22. The molecule has 1 aromatic carbocycles. The van der Waals surface area contributed by atoms with E-state index in [0.717, 1.165) is 16.5 Å². The van der Waals surface area contributed by atoms with Gasteiger partial charge in [0.25, 0.3) is 0 Å². The Morgan fingerprint density at radius 2 is 1.95 bits per heavy atom. The van der Waals surface area contributed by atoms with Crippen molar-refractivity contribution in [3.05, 3.63) is 45.8 Å². The smallest absolute Gasteiger partial charge is 0.336 e. The van der Waals surface area contributed by atoms with Crippen LogP contribution in [0.1, 0.15) is 31.9 Å². The van der Waals surface area contributed by atoms with E-state index in [0.29, 0.717) is 18.5 Å². The Morgan fingerprint density at radius 3 is 2.62 bits per heavy atom. The van der Waals surface area contributed by atoms with E-state index in [-0.39, 0.29) is 11.2 Å². The number of nitrogens with one attached hydrogen (secondary N) is 1. The molecule has 0 amide bonds. The van der Waals surface area contributed by atoms with Crippen molar-refractivity contribution in [3.8, 4) is 0 Å². The average molecular weight is 289 g/mol. The van der Waals surface area contributed by atoms with Crippen LogP contribution in [0.4, 0.5) is 0 Å². The van der Waals surface area contributed by atoms with Crippen molar-refractivity contribution in [1.82, 2.24) is 5.32 Å². The third-order valence-corrected chi connectivity index (χ3v) is 3.41. The molecular weight excluding hydrogens is 266 g/mol. The van der Waals surface area contributed by atoms with Crippen molar-refractivity contribution in [1.29, 1.82) is 0 Å². The largest absolute Gasteiger partial charge is 0.422 e. The van der Waals surface area contributed by atoms with Gasteiger partial charge < -0.3 is 14.8 Å². The first kappa shape index (κ1) is 15.7. The summed E-state index contributed by atoms with van der Waals surface area (Å²) in [7, 11) is 0. The van der Waals surface area contributed by atoms with E-state index < -0.39 is 6.10 Å². The Morgan fingerprint density at radius 1 is 1.24 bits per heavy atom. The van der Waals surface area contributed by atoms with Gasteiger partial charge in [0.15, 0.2) is 0 Å². The fourth-order valence-electron chi connectivity index (χ4n) is 2.27. The molecule has 2 rings (SSSR count). The highest BCUT2D eigenvalue weighted by Crippen LogP contribution is 2.22. The van der Waals surface area contributed by atoms with Gasteiger partial charge in [-0.05, 0) is 44.9 Å². The highest BCUT2D eigenvalue weighted by atomic mass is 16.4. The second kappa shape index (κ2) is 6.00. The predicted molar refractivity (Wildman–Crippen MR) is 84.7 cm³/mol. The topological polar surface area (TPSA) is 62.5 Å². The summed E-state index contributed by atoms with van der Waals surface area (Å²) in [5, 5.41) is 14.4. The minimum atomic E-state index is -0.527. The Labute approximate surface area is 124 Å². The molecule has 1 unspecified atom stereocenters. The van der Waals surface area contributed by atoms with Crippen molar-refractivity contribution >= 4 is 11.0 Å². The number of rotatable bonds is 4. The third-order valence-electron chi connectivity index (χ3n) is 3.41. The van der Waals surface area contributed by atoms with E-state index in [2.05, 4.69) is 26.1 Å². The van der Waals surface area contributed by atoms with Gasteiger partial charge in [0.05, 0.1) is 6.10 Å². The van der Waals surface area contributed by atoms with E-state index in [4.69, 9.17) is 4.42 Å². The molecule has 0 radical (unpaired) electrons. The molecule has 0 bridgehead atoms. The number of aliphatic hydroxyl groups is 1. The maximum atomic E-state index is 11.4. The molecule has 0 fully saturated rings. The number of aliphatic hydroxyl groups excluding tert-OH is 1. The molecule has 114 valence electrons. The molecular formula is C17H23NO3. The summed E-state index contributed by atoms with van der Waals surface area (Å²) < 4.78 is 5.33. The molecule has 21 heavy (non-hydrogen) atoms. The van der Waals surface area contributed by atoms with Crippen LogP contribution in [0, 0.1) is 6.92 Å². The van der Waals surface area contributed by atoms with Crippen LogP contribution in [0.15, 0.2) is 33.5 Å². The zero-order valence-corrected chi connectivity index (χ0v) is 13.1. The van der Waals surface area contributed by atoms with Crippen molar-refractivity contribution in [2.24, 2.45) is 0 Å². The van der Waals surface area contributed by atoms with E-state index in [9.17, 15) is 9.90 Å². The van der Waals surface area contributed by atoms with Gasteiger partial charge in [0.1, 0.15) is 5.58 Å². The Kier molecular flexibility index (Phi) is 4.49. The highest BCUT2D eigenvalue weighted by molar-refractivity contribution is 5.83. The summed E-state index contributed by atoms with van der Waals surface area (Å²) >= 11 is 0. The van der Waals surface area contributed by atoms with Crippen LogP contribution in [0.5, 0.6) is 0 Å². The van der Waals surface area contributed by atoms with E-state index >= 15 is 0 Å². The fraction of sp³-hybridized carbons (Fsp3) is 0.471. The van der Waals surface area contributed by atoms with Crippen LogP contribution in [0.3, 0.4) is 0 Å². The molecule has 0 aliphatic carbocycles. The van der Waals surface area contributed by atoms with Crippen molar-refractivity contribution in [2.45, 2.75) is 45.8 Å². The summed E-state index contributed by atoms with van der Waals surface area (Å²) in [6, 6.07) is 7.11. The molecule has 2 N–H and O–H groups in total. The first-order chi connectivity index (χ1) is 9.76.